The summed E-state index contributed by atoms with van der Waals surface area (Å²) in [6.45, 7) is 0. The van der Waals surface area contributed by atoms with Crippen LogP contribution in [0.3, 0.4) is 0 Å². The van der Waals surface area contributed by atoms with E-state index in [-0.39, 0.29) is 72.7 Å². The predicted octanol–water partition coefficient (Wildman–Crippen LogP) is -0.574. The first-order valence-electron chi connectivity index (χ1n) is 3.84. The molecular weight excluding hydrogens is 207 g/mol. The van der Waals surface area contributed by atoms with Crippen molar-refractivity contribution in [1.82, 2.24) is 0 Å². The Kier molecular flexibility index (Phi) is 33.4. The van der Waals surface area contributed by atoms with Gasteiger partial charge in [-0.1, -0.05) is 19.3 Å². The number of aliphatic carboxylic acids is 1. The fraction of sp³-hybridized carbons (Fsp3) is 0.600. The molecule has 0 rings (SSSR count). The van der Waals surface area contributed by atoms with Gasteiger partial charge in [-0.3, -0.25) is 11.1 Å². The third-order valence-electron chi connectivity index (χ3n) is 1.42. The zero-order chi connectivity index (χ0) is 8.53. The van der Waals surface area contributed by atoms with Gasteiger partial charge >= 0.3 is 57.4 Å². The van der Waals surface area contributed by atoms with E-state index in [0.29, 0.717) is 12.8 Å². The van der Waals surface area contributed by atoms with Crippen molar-refractivity contribution in [2.24, 2.45) is 0 Å². The zero-order valence-electron chi connectivity index (χ0n) is 9.51. The fourth-order valence-electron chi connectivity index (χ4n) is 0.827. The minimum Gasteiger partial charge on any atom is -0.542 e. The maximum Gasteiger partial charge on any atom is 1.00 e. The molecule has 3 nitrogen and oxygen atoms in total. The van der Waals surface area contributed by atoms with Crippen molar-refractivity contribution in [1.29, 1.82) is 0 Å². The molecule has 0 atom stereocenters. The van der Waals surface area contributed by atoms with E-state index in [4.69, 9.17) is 5.11 Å². The maximum absolute atomic E-state index is 10.0. The van der Waals surface area contributed by atoms with Crippen LogP contribution in [0.5, 0.6) is 0 Å². The molecule has 0 fully saturated rings. The summed E-state index contributed by atoms with van der Waals surface area (Å²) in [6, 6.07) is 0. The topological polar surface area (TPSA) is 54.4 Å². The van der Waals surface area contributed by atoms with Gasteiger partial charge in [-0.05, 0) is 6.42 Å². The van der Waals surface area contributed by atoms with Crippen molar-refractivity contribution in [3.8, 4) is 0 Å². The van der Waals surface area contributed by atoms with Crippen LogP contribution in [0.1, 0.15) is 38.5 Å². The van der Waals surface area contributed by atoms with Gasteiger partial charge in [-0.2, -0.15) is 6.42 Å². The van der Waals surface area contributed by atoms with Gasteiger partial charge in [-0.15, -0.1) is 0 Å². The Labute approximate surface area is 130 Å². The average molecular weight is 226 g/mol. The molecule has 0 aliphatic carbocycles. The first-order chi connectivity index (χ1) is 5.27. The molecule has 80 valence electrons. The number of unbranched alkanes of at least 4 members (excludes halogenated alkanes) is 4. The summed E-state index contributed by atoms with van der Waals surface area (Å²) in [5.41, 5.74) is 0. The Hall–Kier alpha value is 0.776. The zero-order valence-corrected chi connectivity index (χ0v) is 12.6. The molecule has 0 bridgehead atoms. The number of hydrogen-bond acceptors (Lipinski definition) is 2. The fourth-order valence-corrected chi connectivity index (χ4v) is 0.827. The molecule has 4 heteroatoms. The van der Waals surface area contributed by atoms with E-state index in [9.17, 15) is 9.59 Å². The Morgan fingerprint density at radius 3 is 2.00 bits per heavy atom. The summed E-state index contributed by atoms with van der Waals surface area (Å²) in [5, 5.41) is 8.25. The first kappa shape index (κ1) is 24.1. The summed E-state index contributed by atoms with van der Waals surface area (Å²) < 4.78 is 0. The Bertz CT molecular complexity index is 127. The third kappa shape index (κ3) is 23.0. The maximum atomic E-state index is 10.0. The molecule has 0 aromatic carbocycles. The number of carbonyl (C=O) groups excluding carboxylic acids is 1. The van der Waals surface area contributed by atoms with Crippen molar-refractivity contribution in [2.75, 3.05) is 0 Å². The molecule has 0 saturated heterocycles. The molecule has 0 amide bonds. The van der Waals surface area contributed by atoms with Gasteiger partial charge in [0.15, 0.2) is 0 Å². The third-order valence-corrected chi connectivity index (χ3v) is 1.42. The average Bonchev–Trinajstić information content (AvgIpc) is 1.96. The summed E-state index contributed by atoms with van der Waals surface area (Å²) in [6.07, 6.45) is 5.90. The van der Waals surface area contributed by atoms with E-state index in [1.807, 2.05) is 0 Å². The summed E-state index contributed by atoms with van der Waals surface area (Å²) in [5.74, 6) is -0.744. The first-order valence-corrected chi connectivity index (χ1v) is 3.84. The molecule has 1 N–H and O–H groups in total. The molecular formula is C10H19KO3-2. The van der Waals surface area contributed by atoms with Gasteiger partial charge < -0.3 is 24.8 Å². The van der Waals surface area contributed by atoms with Crippen molar-refractivity contribution in [2.45, 2.75) is 38.5 Å². The second kappa shape index (κ2) is 19.4. The molecule has 0 aliphatic heterocycles. The van der Waals surface area contributed by atoms with Crippen LogP contribution in [0.25, 0.3) is 0 Å². The predicted molar refractivity (Wildman–Crippen MR) is 53.9 cm³/mol. The van der Waals surface area contributed by atoms with Crippen LogP contribution in [0.4, 0.5) is 0 Å². The van der Waals surface area contributed by atoms with Crippen LogP contribution in [0.2, 0.25) is 0 Å². The molecule has 14 heavy (non-hydrogen) atoms. The second-order valence-electron chi connectivity index (χ2n) is 2.45. The number of hydrogen-bond donors (Lipinski definition) is 1. The van der Waals surface area contributed by atoms with E-state index in [1.54, 1.807) is 6.29 Å². The van der Waals surface area contributed by atoms with Gasteiger partial charge in [0, 0.05) is 6.42 Å². The van der Waals surface area contributed by atoms with E-state index in [2.05, 4.69) is 0 Å². The molecule has 0 aliphatic rings. The van der Waals surface area contributed by atoms with Gasteiger partial charge in [0.05, 0.1) is 0 Å². The Balaban J connectivity index is -0.000000167. The van der Waals surface area contributed by atoms with Crippen LogP contribution in [-0.4, -0.2) is 17.4 Å². The van der Waals surface area contributed by atoms with Crippen LogP contribution < -0.4 is 51.4 Å². The quantitative estimate of drug-likeness (QED) is 0.359. The smallest absolute Gasteiger partial charge is 0.542 e. The molecule has 0 radical (unpaired) electrons. The van der Waals surface area contributed by atoms with Crippen molar-refractivity contribution in [3.05, 3.63) is 14.9 Å². The van der Waals surface area contributed by atoms with Crippen LogP contribution in [-0.2, 0) is 9.59 Å². The summed E-state index contributed by atoms with van der Waals surface area (Å²) in [7, 11) is 0. The summed E-state index contributed by atoms with van der Waals surface area (Å²) in [4.78, 5) is 19.8. The van der Waals surface area contributed by atoms with E-state index < -0.39 is 5.97 Å². The van der Waals surface area contributed by atoms with Crippen molar-refractivity contribution < 1.29 is 66.1 Å². The molecule has 0 aromatic rings. The number of carbonyl (C=O) groups is 1. The van der Waals surface area contributed by atoms with Crippen LogP contribution >= 0.6 is 0 Å². The number of carboxylic acids is 1. The number of rotatable bonds is 7. The molecule has 0 aromatic heterocycles. The van der Waals surface area contributed by atoms with Crippen LogP contribution in [0, 0.1) is 14.9 Å². The summed E-state index contributed by atoms with van der Waals surface area (Å²) >= 11 is 0. The van der Waals surface area contributed by atoms with Crippen LogP contribution in [0.15, 0.2) is 0 Å². The van der Waals surface area contributed by atoms with Gasteiger partial charge in [0.2, 0.25) is 0 Å². The second-order valence-corrected chi connectivity index (χ2v) is 2.45. The van der Waals surface area contributed by atoms with Crippen molar-refractivity contribution >= 4 is 12.3 Å². The SMILES string of the molecule is O=[C-]CCCCCCC(=O)O.[CH3-].[CH3-].[K+]. The van der Waals surface area contributed by atoms with Gasteiger partial charge in [0.1, 0.15) is 0 Å². The van der Waals surface area contributed by atoms with E-state index in [0.717, 1.165) is 19.3 Å². The Morgan fingerprint density at radius 1 is 1.07 bits per heavy atom. The van der Waals surface area contributed by atoms with E-state index in [1.165, 1.54) is 0 Å². The van der Waals surface area contributed by atoms with E-state index >= 15 is 0 Å². The number of carboxylic acid groups (broad SMARTS) is 1. The minimum atomic E-state index is -0.744. The normalized spacial score (nSPS) is 7.43. The molecule has 0 saturated carbocycles. The molecule has 0 heterocycles. The Morgan fingerprint density at radius 2 is 1.57 bits per heavy atom. The minimum absolute atomic E-state index is 0. The van der Waals surface area contributed by atoms with Crippen molar-refractivity contribution in [3.63, 3.8) is 0 Å². The monoisotopic (exact) mass is 226 g/mol. The molecule has 0 unspecified atom stereocenters. The van der Waals surface area contributed by atoms with Gasteiger partial charge in [0.25, 0.3) is 0 Å². The standard InChI is InChI=1S/C8H13O3.2CH3.K/c9-7-5-3-1-2-4-6-8(10)11;;;/h1-6H2,(H,10,11);2*1H3;/q3*-1;+1. The molecule has 0 spiro atoms. The largest absolute Gasteiger partial charge is 1.00 e. The van der Waals surface area contributed by atoms with Gasteiger partial charge in [-0.25, -0.2) is 0 Å².